The Bertz CT molecular complexity index is 1150. The van der Waals surface area contributed by atoms with Gasteiger partial charge in [0, 0.05) is 11.3 Å². The Morgan fingerprint density at radius 2 is 1.89 bits per heavy atom. The number of aromatic nitrogens is 2. The monoisotopic (exact) mass is 371 g/mol. The van der Waals surface area contributed by atoms with Gasteiger partial charge in [0.15, 0.2) is 11.5 Å². The van der Waals surface area contributed by atoms with Crippen LogP contribution in [0.1, 0.15) is 5.56 Å². The van der Waals surface area contributed by atoms with E-state index in [0.717, 1.165) is 33.7 Å². The highest BCUT2D eigenvalue weighted by molar-refractivity contribution is 5.93. The molecule has 6 heteroatoms. The number of fused-ring (bicyclic) bond motifs is 2. The second-order valence-corrected chi connectivity index (χ2v) is 6.60. The van der Waals surface area contributed by atoms with E-state index in [4.69, 9.17) is 9.47 Å². The summed E-state index contributed by atoms with van der Waals surface area (Å²) in [5.74, 6) is 2.06. The molecule has 0 spiro atoms. The van der Waals surface area contributed by atoms with E-state index in [1.807, 2.05) is 66.7 Å². The van der Waals surface area contributed by atoms with Crippen molar-refractivity contribution in [2.24, 2.45) is 0 Å². The molecule has 1 amide bonds. The SMILES string of the molecule is O=C(Cc1ccc2c(c1)OCO2)Nc1cccc(-c2nc3ccccc3[nH]2)c1. The van der Waals surface area contributed by atoms with Crippen molar-refractivity contribution in [2.75, 3.05) is 12.1 Å². The molecule has 3 aromatic carbocycles. The van der Waals surface area contributed by atoms with Gasteiger partial charge in [0.05, 0.1) is 17.5 Å². The van der Waals surface area contributed by atoms with Crippen LogP contribution in [0.3, 0.4) is 0 Å². The topological polar surface area (TPSA) is 76.2 Å². The van der Waals surface area contributed by atoms with E-state index in [2.05, 4.69) is 15.3 Å². The summed E-state index contributed by atoms with van der Waals surface area (Å²) in [6.45, 7) is 0.222. The molecule has 0 saturated heterocycles. The third-order valence-electron chi connectivity index (χ3n) is 4.61. The van der Waals surface area contributed by atoms with Crippen LogP contribution in [0.2, 0.25) is 0 Å². The van der Waals surface area contributed by atoms with Crippen LogP contribution in [0.25, 0.3) is 22.4 Å². The average Bonchev–Trinajstić information content (AvgIpc) is 3.34. The van der Waals surface area contributed by atoms with E-state index in [1.54, 1.807) is 0 Å². The van der Waals surface area contributed by atoms with Crippen molar-refractivity contribution in [2.45, 2.75) is 6.42 Å². The number of carbonyl (C=O) groups is 1. The van der Waals surface area contributed by atoms with Crippen molar-refractivity contribution in [3.8, 4) is 22.9 Å². The Labute approximate surface area is 161 Å². The number of imidazole rings is 1. The number of nitrogens with one attached hydrogen (secondary N) is 2. The van der Waals surface area contributed by atoms with Crippen LogP contribution in [-0.4, -0.2) is 22.7 Å². The predicted molar refractivity (Wildman–Crippen MR) is 106 cm³/mol. The van der Waals surface area contributed by atoms with Crippen LogP contribution in [0.15, 0.2) is 66.7 Å². The molecule has 0 unspecified atom stereocenters. The summed E-state index contributed by atoms with van der Waals surface area (Å²) in [7, 11) is 0. The quantitative estimate of drug-likeness (QED) is 0.565. The van der Waals surface area contributed by atoms with Gasteiger partial charge in [0.25, 0.3) is 0 Å². The number of hydrogen-bond acceptors (Lipinski definition) is 4. The summed E-state index contributed by atoms with van der Waals surface area (Å²) in [6, 6.07) is 21.1. The lowest BCUT2D eigenvalue weighted by atomic mass is 10.1. The van der Waals surface area contributed by atoms with Crippen LogP contribution in [0, 0.1) is 0 Å². The first-order valence-electron chi connectivity index (χ1n) is 8.98. The Morgan fingerprint density at radius 3 is 2.82 bits per heavy atom. The molecular formula is C22H17N3O3. The fraction of sp³-hybridized carbons (Fsp3) is 0.0909. The number of amides is 1. The van der Waals surface area contributed by atoms with Crippen LogP contribution < -0.4 is 14.8 Å². The van der Waals surface area contributed by atoms with Gasteiger partial charge in [-0.1, -0.05) is 30.3 Å². The molecule has 1 aliphatic heterocycles. The smallest absolute Gasteiger partial charge is 0.231 e. The Hall–Kier alpha value is -3.80. The van der Waals surface area contributed by atoms with Gasteiger partial charge in [-0.15, -0.1) is 0 Å². The largest absolute Gasteiger partial charge is 0.454 e. The minimum atomic E-state index is -0.0966. The number of H-pyrrole nitrogens is 1. The number of ether oxygens (including phenoxy) is 2. The fourth-order valence-corrected chi connectivity index (χ4v) is 3.28. The molecule has 0 aliphatic carbocycles. The molecule has 2 N–H and O–H groups in total. The Kier molecular flexibility index (Phi) is 3.94. The van der Waals surface area contributed by atoms with Crippen LogP contribution in [0.4, 0.5) is 5.69 Å². The molecule has 0 saturated carbocycles. The molecule has 28 heavy (non-hydrogen) atoms. The number of nitrogens with zero attached hydrogens (tertiary/aromatic N) is 1. The van der Waals surface area contributed by atoms with Crippen molar-refractivity contribution in [1.29, 1.82) is 0 Å². The highest BCUT2D eigenvalue weighted by Crippen LogP contribution is 2.32. The number of para-hydroxylation sites is 2. The lowest BCUT2D eigenvalue weighted by Crippen LogP contribution is -2.14. The van der Waals surface area contributed by atoms with Gasteiger partial charge >= 0.3 is 0 Å². The first kappa shape index (κ1) is 16.4. The summed E-state index contributed by atoms with van der Waals surface area (Å²) in [6.07, 6.45) is 0.255. The minimum Gasteiger partial charge on any atom is -0.454 e. The summed E-state index contributed by atoms with van der Waals surface area (Å²) in [5, 5.41) is 2.95. The summed E-state index contributed by atoms with van der Waals surface area (Å²) >= 11 is 0. The van der Waals surface area contributed by atoms with Gasteiger partial charge in [-0.25, -0.2) is 4.98 Å². The van der Waals surface area contributed by atoms with E-state index in [9.17, 15) is 4.79 Å². The lowest BCUT2D eigenvalue weighted by Gasteiger charge is -2.07. The van der Waals surface area contributed by atoms with Crippen molar-refractivity contribution >= 4 is 22.6 Å². The van der Waals surface area contributed by atoms with Gasteiger partial charge < -0.3 is 19.8 Å². The predicted octanol–water partition coefficient (Wildman–Crippen LogP) is 4.14. The zero-order chi connectivity index (χ0) is 18.9. The second kappa shape index (κ2) is 6.74. The number of aromatic amines is 1. The van der Waals surface area contributed by atoms with E-state index in [1.165, 1.54) is 0 Å². The van der Waals surface area contributed by atoms with Gasteiger partial charge in [-0.2, -0.15) is 0 Å². The zero-order valence-corrected chi connectivity index (χ0v) is 14.9. The molecule has 5 rings (SSSR count). The lowest BCUT2D eigenvalue weighted by molar-refractivity contribution is -0.115. The third-order valence-corrected chi connectivity index (χ3v) is 4.61. The summed E-state index contributed by atoms with van der Waals surface area (Å²) in [5.41, 5.74) is 4.40. The van der Waals surface area contributed by atoms with Crippen LogP contribution in [-0.2, 0) is 11.2 Å². The van der Waals surface area contributed by atoms with Crippen LogP contribution in [0.5, 0.6) is 11.5 Å². The molecule has 2 heterocycles. The van der Waals surface area contributed by atoms with E-state index in [-0.39, 0.29) is 19.1 Å². The standard InChI is InChI=1S/C22H17N3O3/c26-21(11-14-8-9-19-20(10-14)28-13-27-19)23-16-5-3-4-15(12-16)22-24-17-6-1-2-7-18(17)25-22/h1-10,12H,11,13H2,(H,23,26)(H,24,25). The van der Waals surface area contributed by atoms with Gasteiger partial charge in [-0.05, 0) is 42.0 Å². The number of carbonyl (C=O) groups excluding carboxylic acids is 1. The molecule has 0 bridgehead atoms. The van der Waals surface area contributed by atoms with E-state index >= 15 is 0 Å². The van der Waals surface area contributed by atoms with Gasteiger partial charge in [0.2, 0.25) is 12.7 Å². The van der Waals surface area contributed by atoms with Crippen LogP contribution >= 0.6 is 0 Å². The summed E-state index contributed by atoms with van der Waals surface area (Å²) in [4.78, 5) is 20.4. The number of hydrogen-bond donors (Lipinski definition) is 2. The second-order valence-electron chi connectivity index (χ2n) is 6.60. The average molecular weight is 371 g/mol. The number of rotatable bonds is 4. The van der Waals surface area contributed by atoms with E-state index < -0.39 is 0 Å². The number of anilines is 1. The molecule has 0 radical (unpaired) electrons. The first-order chi connectivity index (χ1) is 13.7. The van der Waals surface area contributed by atoms with Crippen molar-refractivity contribution in [3.63, 3.8) is 0 Å². The first-order valence-corrected chi connectivity index (χ1v) is 8.98. The van der Waals surface area contributed by atoms with Crippen molar-refractivity contribution in [3.05, 3.63) is 72.3 Å². The molecule has 138 valence electrons. The highest BCUT2D eigenvalue weighted by Gasteiger charge is 2.15. The van der Waals surface area contributed by atoms with Gasteiger partial charge in [-0.3, -0.25) is 4.79 Å². The maximum Gasteiger partial charge on any atom is 0.231 e. The van der Waals surface area contributed by atoms with Gasteiger partial charge in [0.1, 0.15) is 5.82 Å². The fourth-order valence-electron chi connectivity index (χ4n) is 3.28. The minimum absolute atomic E-state index is 0.0966. The third kappa shape index (κ3) is 3.16. The zero-order valence-electron chi connectivity index (χ0n) is 14.9. The maximum absolute atomic E-state index is 12.5. The molecule has 6 nitrogen and oxygen atoms in total. The molecule has 0 atom stereocenters. The normalized spacial score (nSPS) is 12.3. The Balaban J connectivity index is 1.32. The number of benzene rings is 3. The molecule has 4 aromatic rings. The molecular weight excluding hydrogens is 354 g/mol. The molecule has 1 aliphatic rings. The molecule has 1 aromatic heterocycles. The molecule has 0 fully saturated rings. The maximum atomic E-state index is 12.5. The Morgan fingerprint density at radius 1 is 1.00 bits per heavy atom. The van der Waals surface area contributed by atoms with Crippen molar-refractivity contribution < 1.29 is 14.3 Å². The summed E-state index contributed by atoms with van der Waals surface area (Å²) < 4.78 is 10.7. The highest BCUT2D eigenvalue weighted by atomic mass is 16.7. The van der Waals surface area contributed by atoms with E-state index in [0.29, 0.717) is 11.5 Å². The van der Waals surface area contributed by atoms with Crippen molar-refractivity contribution in [1.82, 2.24) is 9.97 Å².